The van der Waals surface area contributed by atoms with Gasteiger partial charge in [-0.05, 0) is 43.9 Å². The normalized spacial score (nSPS) is 14.9. The van der Waals surface area contributed by atoms with E-state index in [1.54, 1.807) is 6.92 Å². The molecule has 0 heterocycles. The maximum absolute atomic E-state index is 13.9. The maximum Gasteiger partial charge on any atom is 0.307 e. The number of carboxylic acids is 1. The number of hydrogen-bond acceptors (Lipinski definition) is 2. The highest BCUT2D eigenvalue weighted by atomic mass is 35.5. The van der Waals surface area contributed by atoms with Gasteiger partial charge in [0.05, 0.1) is 11.8 Å². The van der Waals surface area contributed by atoms with E-state index in [2.05, 4.69) is 20.8 Å². The number of aliphatic carboxylic acids is 1. The van der Waals surface area contributed by atoms with Gasteiger partial charge in [0, 0.05) is 24.8 Å². The molecule has 0 aliphatic rings. The van der Waals surface area contributed by atoms with Crippen molar-refractivity contribution >= 4 is 35.1 Å². The first kappa shape index (κ1) is 34.5. The number of amides is 1. The third-order valence-electron chi connectivity index (χ3n) is 7.59. The van der Waals surface area contributed by atoms with Crippen LogP contribution in [0, 0.1) is 23.7 Å². The van der Waals surface area contributed by atoms with E-state index < -0.39 is 17.8 Å². The van der Waals surface area contributed by atoms with E-state index in [9.17, 15) is 14.7 Å². The van der Waals surface area contributed by atoms with Crippen molar-refractivity contribution in [1.82, 2.24) is 4.90 Å². The van der Waals surface area contributed by atoms with Crippen molar-refractivity contribution in [2.75, 3.05) is 24.8 Å². The first-order valence-corrected chi connectivity index (χ1v) is 15.6. The molecule has 0 saturated carbocycles. The van der Waals surface area contributed by atoms with Gasteiger partial charge in [-0.1, -0.05) is 91.9 Å². The van der Waals surface area contributed by atoms with Crippen molar-refractivity contribution in [3.8, 4) is 0 Å². The summed E-state index contributed by atoms with van der Waals surface area (Å²) in [4.78, 5) is 27.8. The van der Waals surface area contributed by atoms with Crippen LogP contribution in [0.3, 0.4) is 0 Å². The van der Waals surface area contributed by atoms with Gasteiger partial charge in [0.1, 0.15) is 0 Å². The molecule has 0 bridgehead atoms. The van der Waals surface area contributed by atoms with Crippen LogP contribution in [-0.4, -0.2) is 46.7 Å². The predicted octanol–water partition coefficient (Wildman–Crippen LogP) is 8.77. The SMILES string of the molecule is CCCCCCCCCCC(C(=O)N(CC(CC)CCCCl)CC(CC)CCCCl)[C@H](C)C(=O)O. The summed E-state index contributed by atoms with van der Waals surface area (Å²) in [6.07, 6.45) is 16.1. The van der Waals surface area contributed by atoms with Crippen molar-refractivity contribution in [3.05, 3.63) is 0 Å². The van der Waals surface area contributed by atoms with Crippen LogP contribution in [0.2, 0.25) is 0 Å². The summed E-state index contributed by atoms with van der Waals surface area (Å²) in [5.74, 6) is 0.107. The van der Waals surface area contributed by atoms with Gasteiger partial charge in [0.15, 0.2) is 0 Å². The van der Waals surface area contributed by atoms with E-state index in [-0.39, 0.29) is 5.91 Å². The van der Waals surface area contributed by atoms with Gasteiger partial charge in [-0.25, -0.2) is 0 Å². The molecule has 0 radical (unpaired) electrons. The zero-order valence-electron chi connectivity index (χ0n) is 23.2. The van der Waals surface area contributed by atoms with Gasteiger partial charge in [0.2, 0.25) is 5.91 Å². The van der Waals surface area contributed by atoms with Crippen LogP contribution in [0.4, 0.5) is 0 Å². The van der Waals surface area contributed by atoms with Crippen LogP contribution in [0.25, 0.3) is 0 Å². The van der Waals surface area contributed by atoms with E-state index in [1.807, 2.05) is 4.90 Å². The molecule has 3 unspecified atom stereocenters. The molecule has 35 heavy (non-hydrogen) atoms. The van der Waals surface area contributed by atoms with Gasteiger partial charge in [-0.15, -0.1) is 23.2 Å². The number of rotatable bonds is 24. The summed E-state index contributed by atoms with van der Waals surface area (Å²) in [6.45, 7) is 9.68. The second-order valence-electron chi connectivity index (χ2n) is 10.5. The van der Waals surface area contributed by atoms with Crippen LogP contribution in [0.5, 0.6) is 0 Å². The average molecular weight is 537 g/mol. The quantitative estimate of drug-likeness (QED) is 0.0991. The van der Waals surface area contributed by atoms with Gasteiger partial charge in [-0.3, -0.25) is 9.59 Å². The Hall–Kier alpha value is -0.480. The van der Waals surface area contributed by atoms with E-state index in [0.29, 0.717) is 43.1 Å². The van der Waals surface area contributed by atoms with Crippen molar-refractivity contribution in [2.45, 2.75) is 124 Å². The molecule has 0 aliphatic carbocycles. The van der Waals surface area contributed by atoms with E-state index in [0.717, 1.165) is 51.4 Å². The molecule has 0 aromatic rings. The maximum atomic E-state index is 13.9. The van der Waals surface area contributed by atoms with Crippen molar-refractivity contribution in [1.29, 1.82) is 0 Å². The topological polar surface area (TPSA) is 57.6 Å². The molecule has 0 aromatic carbocycles. The molecule has 6 heteroatoms. The number of hydrogen-bond donors (Lipinski definition) is 1. The molecule has 0 saturated heterocycles. The van der Waals surface area contributed by atoms with E-state index in [4.69, 9.17) is 23.2 Å². The highest BCUT2D eigenvalue weighted by Crippen LogP contribution is 2.26. The molecule has 1 N–H and O–H groups in total. The molecule has 1 amide bonds. The van der Waals surface area contributed by atoms with Crippen molar-refractivity contribution < 1.29 is 14.7 Å². The van der Waals surface area contributed by atoms with Crippen molar-refractivity contribution in [2.24, 2.45) is 23.7 Å². The third kappa shape index (κ3) is 16.1. The van der Waals surface area contributed by atoms with Crippen LogP contribution in [-0.2, 0) is 9.59 Å². The Morgan fingerprint density at radius 2 is 1.17 bits per heavy atom. The van der Waals surface area contributed by atoms with E-state index >= 15 is 0 Å². The van der Waals surface area contributed by atoms with Gasteiger partial charge in [0.25, 0.3) is 0 Å². The number of unbranched alkanes of at least 4 members (excludes halogenated alkanes) is 7. The summed E-state index contributed by atoms with van der Waals surface area (Å²) in [7, 11) is 0. The zero-order valence-corrected chi connectivity index (χ0v) is 24.7. The van der Waals surface area contributed by atoms with Crippen molar-refractivity contribution in [3.63, 3.8) is 0 Å². The molecular weight excluding hydrogens is 481 g/mol. The molecule has 0 fully saturated rings. The lowest BCUT2D eigenvalue weighted by atomic mass is 9.86. The lowest BCUT2D eigenvalue weighted by Crippen LogP contribution is -2.45. The molecule has 208 valence electrons. The van der Waals surface area contributed by atoms with Gasteiger partial charge < -0.3 is 10.0 Å². The zero-order chi connectivity index (χ0) is 26.5. The van der Waals surface area contributed by atoms with E-state index in [1.165, 1.54) is 38.5 Å². The Bertz CT molecular complexity index is 514. The molecule has 0 spiro atoms. The molecule has 0 aromatic heterocycles. The summed E-state index contributed by atoms with van der Waals surface area (Å²) >= 11 is 11.9. The Balaban J connectivity index is 5.36. The Morgan fingerprint density at radius 3 is 1.57 bits per heavy atom. The van der Waals surface area contributed by atoms with Gasteiger partial charge in [-0.2, -0.15) is 0 Å². The summed E-state index contributed by atoms with van der Waals surface area (Å²) in [5, 5.41) is 9.79. The Labute approximate surface area is 226 Å². The fourth-order valence-electron chi connectivity index (χ4n) is 4.95. The first-order chi connectivity index (χ1) is 16.9. The number of nitrogens with zero attached hydrogens (tertiary/aromatic N) is 1. The second kappa shape index (κ2) is 22.7. The molecular formula is C29H55Cl2NO3. The molecule has 4 atom stereocenters. The lowest BCUT2D eigenvalue weighted by Gasteiger charge is -2.34. The highest BCUT2D eigenvalue weighted by Gasteiger charge is 2.34. The molecule has 0 aliphatic heterocycles. The minimum atomic E-state index is -0.869. The standard InChI is InChI=1S/C29H55Cl2NO3/c1-5-8-9-10-11-12-13-14-19-27(24(4)29(34)35)28(33)32(22-25(6-2)17-15-20-30)23-26(7-3)18-16-21-31/h24-27H,5-23H2,1-4H3,(H,34,35)/t24-,25?,26?,27?/m0/s1. The monoisotopic (exact) mass is 535 g/mol. The van der Waals surface area contributed by atoms with Crippen LogP contribution in [0.15, 0.2) is 0 Å². The summed E-state index contributed by atoms with van der Waals surface area (Å²) in [5.41, 5.74) is 0. The number of halogens is 2. The lowest BCUT2D eigenvalue weighted by molar-refractivity contribution is -0.150. The predicted molar refractivity (Wildman–Crippen MR) is 152 cm³/mol. The minimum absolute atomic E-state index is 0.0384. The third-order valence-corrected chi connectivity index (χ3v) is 8.13. The van der Waals surface area contributed by atoms with Crippen LogP contribution >= 0.6 is 23.2 Å². The highest BCUT2D eigenvalue weighted by molar-refractivity contribution is 6.18. The van der Waals surface area contributed by atoms with Gasteiger partial charge >= 0.3 is 5.97 Å². The Morgan fingerprint density at radius 1 is 0.714 bits per heavy atom. The minimum Gasteiger partial charge on any atom is -0.481 e. The summed E-state index contributed by atoms with van der Waals surface area (Å²) < 4.78 is 0. The number of carboxylic acid groups (broad SMARTS) is 1. The smallest absolute Gasteiger partial charge is 0.307 e. The first-order valence-electron chi connectivity index (χ1n) is 14.5. The number of carbonyl (C=O) groups excluding carboxylic acids is 1. The fourth-order valence-corrected chi connectivity index (χ4v) is 5.26. The second-order valence-corrected chi connectivity index (χ2v) is 11.2. The van der Waals surface area contributed by atoms with Crippen LogP contribution in [0.1, 0.15) is 124 Å². The molecule has 0 rings (SSSR count). The largest absolute Gasteiger partial charge is 0.481 e. The Kier molecular flexibility index (Phi) is 22.4. The number of alkyl halides is 2. The number of carbonyl (C=O) groups is 2. The average Bonchev–Trinajstić information content (AvgIpc) is 2.86. The molecule has 4 nitrogen and oxygen atoms in total. The fraction of sp³-hybridized carbons (Fsp3) is 0.931. The van der Waals surface area contributed by atoms with Crippen LogP contribution < -0.4 is 0 Å². The summed E-state index contributed by atoms with van der Waals surface area (Å²) in [6, 6.07) is 0.